The van der Waals surface area contributed by atoms with Crippen molar-refractivity contribution in [2.24, 2.45) is 0 Å². The summed E-state index contributed by atoms with van der Waals surface area (Å²) >= 11 is 0. The minimum atomic E-state index is 0.0585. The van der Waals surface area contributed by atoms with Gasteiger partial charge in [0.15, 0.2) is 0 Å². The van der Waals surface area contributed by atoms with Crippen molar-refractivity contribution in [1.29, 1.82) is 0 Å². The highest BCUT2D eigenvalue weighted by molar-refractivity contribution is 5.50. The molecular weight excluding hydrogens is 182 g/mol. The fourth-order valence-corrected chi connectivity index (χ4v) is 1.02. The van der Waals surface area contributed by atoms with E-state index < -0.39 is 0 Å². The Labute approximate surface area is 80.7 Å². The molecule has 0 bridgehead atoms. The lowest BCUT2D eigenvalue weighted by molar-refractivity contribution is 0.347. The molecule has 2 aromatic rings. The highest BCUT2D eigenvalue weighted by Gasteiger charge is 2.13. The molecule has 2 heterocycles. The average Bonchev–Trinajstić information content (AvgIpc) is 2.86. The second kappa shape index (κ2) is 3.59. The molecule has 0 radical (unpaired) electrons. The van der Waals surface area contributed by atoms with Crippen LogP contribution < -0.4 is 5.32 Å². The lowest BCUT2D eigenvalue weighted by Gasteiger charge is -2.01. The van der Waals surface area contributed by atoms with Crippen molar-refractivity contribution in [3.05, 3.63) is 18.3 Å². The molecule has 0 aromatic carbocycles. The van der Waals surface area contributed by atoms with Gasteiger partial charge in [-0.1, -0.05) is 5.16 Å². The number of aromatic amines is 1. The summed E-state index contributed by atoms with van der Waals surface area (Å²) < 4.78 is 5.08. The first-order valence-corrected chi connectivity index (χ1v) is 4.31. The Balaban J connectivity index is 2.26. The largest absolute Gasteiger partial charge is 0.337 e. The molecule has 1 atom stereocenters. The van der Waals surface area contributed by atoms with Gasteiger partial charge in [0, 0.05) is 6.20 Å². The van der Waals surface area contributed by atoms with E-state index in [9.17, 15) is 0 Å². The second-order valence-electron chi connectivity index (χ2n) is 2.95. The van der Waals surface area contributed by atoms with Crippen LogP contribution in [0.4, 0.5) is 0 Å². The van der Waals surface area contributed by atoms with Crippen molar-refractivity contribution in [3.8, 4) is 11.4 Å². The molecular formula is C8H11N5O. The molecule has 0 aliphatic rings. The number of hydrogen-bond acceptors (Lipinski definition) is 5. The van der Waals surface area contributed by atoms with E-state index in [0.29, 0.717) is 11.7 Å². The van der Waals surface area contributed by atoms with E-state index in [2.05, 4.69) is 25.7 Å². The fraction of sp³-hybridized carbons (Fsp3) is 0.375. The number of rotatable bonds is 3. The third-order valence-corrected chi connectivity index (χ3v) is 2.00. The van der Waals surface area contributed by atoms with E-state index >= 15 is 0 Å². The molecule has 0 aliphatic heterocycles. The summed E-state index contributed by atoms with van der Waals surface area (Å²) in [5.74, 6) is 1.12. The van der Waals surface area contributed by atoms with Crippen molar-refractivity contribution in [2.45, 2.75) is 13.0 Å². The summed E-state index contributed by atoms with van der Waals surface area (Å²) in [4.78, 5) is 4.22. The highest BCUT2D eigenvalue weighted by Crippen LogP contribution is 2.16. The summed E-state index contributed by atoms with van der Waals surface area (Å²) in [7, 11) is 1.84. The highest BCUT2D eigenvalue weighted by atomic mass is 16.5. The lowest BCUT2D eigenvalue weighted by Crippen LogP contribution is -2.12. The molecule has 0 saturated heterocycles. The average molecular weight is 193 g/mol. The number of nitrogens with one attached hydrogen (secondary N) is 2. The zero-order valence-electron chi connectivity index (χ0n) is 7.98. The first-order valence-electron chi connectivity index (χ1n) is 4.31. The molecule has 2 aromatic heterocycles. The van der Waals surface area contributed by atoms with Crippen LogP contribution >= 0.6 is 0 Å². The maximum Gasteiger partial charge on any atom is 0.243 e. The molecule has 0 fully saturated rings. The zero-order chi connectivity index (χ0) is 9.97. The van der Waals surface area contributed by atoms with Crippen LogP contribution in [0.1, 0.15) is 18.9 Å². The first-order chi connectivity index (χ1) is 6.81. The summed E-state index contributed by atoms with van der Waals surface area (Å²) in [6.45, 7) is 1.95. The van der Waals surface area contributed by atoms with E-state index in [4.69, 9.17) is 4.52 Å². The van der Waals surface area contributed by atoms with Crippen LogP contribution in [-0.4, -0.2) is 27.4 Å². The summed E-state index contributed by atoms with van der Waals surface area (Å²) in [5, 5.41) is 13.4. The SMILES string of the molecule is CN[C@@H](C)c1nc(-c2cn[nH]c2)no1. The minimum absolute atomic E-state index is 0.0585. The molecule has 74 valence electrons. The molecule has 14 heavy (non-hydrogen) atoms. The van der Waals surface area contributed by atoms with Crippen LogP contribution in [0.15, 0.2) is 16.9 Å². The van der Waals surface area contributed by atoms with Crippen LogP contribution in [-0.2, 0) is 0 Å². The topological polar surface area (TPSA) is 79.6 Å². The van der Waals surface area contributed by atoms with E-state index in [1.165, 1.54) is 0 Å². The molecule has 6 heteroatoms. The molecule has 0 spiro atoms. The Morgan fingerprint density at radius 2 is 2.43 bits per heavy atom. The smallest absolute Gasteiger partial charge is 0.243 e. The van der Waals surface area contributed by atoms with E-state index in [-0.39, 0.29) is 6.04 Å². The van der Waals surface area contributed by atoms with Crippen LogP contribution in [0.25, 0.3) is 11.4 Å². The predicted molar refractivity (Wildman–Crippen MR) is 49.4 cm³/mol. The third kappa shape index (κ3) is 1.51. The van der Waals surface area contributed by atoms with Gasteiger partial charge in [-0.3, -0.25) is 5.10 Å². The Morgan fingerprint density at radius 1 is 1.57 bits per heavy atom. The Bertz CT molecular complexity index is 394. The quantitative estimate of drug-likeness (QED) is 0.751. The normalized spacial score (nSPS) is 13.0. The van der Waals surface area contributed by atoms with Gasteiger partial charge in [-0.2, -0.15) is 10.1 Å². The molecule has 0 aliphatic carbocycles. The van der Waals surface area contributed by atoms with Crippen LogP contribution in [0.3, 0.4) is 0 Å². The maximum atomic E-state index is 5.08. The van der Waals surface area contributed by atoms with Gasteiger partial charge in [0.05, 0.1) is 17.8 Å². The van der Waals surface area contributed by atoms with Crippen LogP contribution in [0.2, 0.25) is 0 Å². The van der Waals surface area contributed by atoms with Gasteiger partial charge in [0.2, 0.25) is 11.7 Å². The number of H-pyrrole nitrogens is 1. The van der Waals surface area contributed by atoms with Crippen molar-refractivity contribution < 1.29 is 4.52 Å². The van der Waals surface area contributed by atoms with Gasteiger partial charge in [-0.25, -0.2) is 0 Å². The lowest BCUT2D eigenvalue weighted by atomic mass is 10.3. The maximum absolute atomic E-state index is 5.08. The van der Waals surface area contributed by atoms with Crippen LogP contribution in [0.5, 0.6) is 0 Å². The Hall–Kier alpha value is -1.69. The molecule has 0 saturated carbocycles. The van der Waals surface area contributed by atoms with Gasteiger partial charge >= 0.3 is 0 Å². The van der Waals surface area contributed by atoms with E-state index in [1.54, 1.807) is 12.4 Å². The zero-order valence-corrected chi connectivity index (χ0v) is 7.98. The van der Waals surface area contributed by atoms with Gasteiger partial charge in [0.1, 0.15) is 0 Å². The van der Waals surface area contributed by atoms with E-state index in [0.717, 1.165) is 5.56 Å². The Morgan fingerprint density at radius 3 is 3.07 bits per heavy atom. The van der Waals surface area contributed by atoms with Crippen molar-refractivity contribution in [2.75, 3.05) is 7.05 Å². The molecule has 0 unspecified atom stereocenters. The van der Waals surface area contributed by atoms with Gasteiger partial charge in [-0.15, -0.1) is 0 Å². The van der Waals surface area contributed by atoms with E-state index in [1.807, 2.05) is 14.0 Å². The number of hydrogen-bond donors (Lipinski definition) is 2. The van der Waals surface area contributed by atoms with Gasteiger partial charge in [0.25, 0.3) is 0 Å². The van der Waals surface area contributed by atoms with Crippen molar-refractivity contribution in [3.63, 3.8) is 0 Å². The van der Waals surface area contributed by atoms with Crippen LogP contribution in [0, 0.1) is 0 Å². The van der Waals surface area contributed by atoms with Gasteiger partial charge in [-0.05, 0) is 14.0 Å². The molecule has 2 rings (SSSR count). The Kier molecular flexibility index (Phi) is 2.28. The van der Waals surface area contributed by atoms with Gasteiger partial charge < -0.3 is 9.84 Å². The predicted octanol–water partition coefficient (Wildman–Crippen LogP) is 0.740. The number of aromatic nitrogens is 4. The second-order valence-corrected chi connectivity index (χ2v) is 2.95. The number of nitrogens with zero attached hydrogens (tertiary/aromatic N) is 3. The monoisotopic (exact) mass is 193 g/mol. The third-order valence-electron chi connectivity index (χ3n) is 2.00. The summed E-state index contributed by atoms with van der Waals surface area (Å²) in [6, 6.07) is 0.0585. The first kappa shape index (κ1) is 8.89. The molecule has 2 N–H and O–H groups in total. The van der Waals surface area contributed by atoms with Crippen molar-refractivity contribution >= 4 is 0 Å². The standard InChI is InChI=1S/C8H11N5O/c1-5(9-2)8-12-7(13-14-8)6-3-10-11-4-6/h3-5,9H,1-2H3,(H,10,11)/t5-/m0/s1. The summed E-state index contributed by atoms with van der Waals surface area (Å²) in [5.41, 5.74) is 0.823. The molecule has 0 amide bonds. The fourth-order valence-electron chi connectivity index (χ4n) is 1.02. The molecule has 6 nitrogen and oxygen atoms in total. The summed E-state index contributed by atoms with van der Waals surface area (Å²) in [6.07, 6.45) is 3.37. The van der Waals surface area contributed by atoms with Crippen molar-refractivity contribution in [1.82, 2.24) is 25.7 Å². The minimum Gasteiger partial charge on any atom is -0.337 e.